The molecule has 0 aliphatic heterocycles. The summed E-state index contributed by atoms with van der Waals surface area (Å²) in [7, 11) is 0. The van der Waals surface area contributed by atoms with Crippen molar-refractivity contribution in [3.63, 3.8) is 0 Å². The van der Waals surface area contributed by atoms with Crippen molar-refractivity contribution in [2.75, 3.05) is 5.32 Å². The smallest absolute Gasteiger partial charge is 0.314 e. The summed E-state index contributed by atoms with van der Waals surface area (Å²) in [5, 5.41) is 9.43. The Morgan fingerprint density at radius 2 is 1.68 bits per heavy atom. The van der Waals surface area contributed by atoms with Gasteiger partial charge in [0, 0.05) is 18.0 Å². The van der Waals surface area contributed by atoms with Crippen LogP contribution in [0.4, 0.5) is 23.5 Å². The Kier molecular flexibility index (Phi) is 4.59. The number of rotatable bonds is 5. The van der Waals surface area contributed by atoms with E-state index in [0.717, 1.165) is 12.1 Å². The molecule has 6 nitrogen and oxygen atoms in total. The van der Waals surface area contributed by atoms with E-state index in [1.807, 2.05) is 0 Å². The summed E-state index contributed by atoms with van der Waals surface area (Å²) in [4.78, 5) is 7.90. The zero-order chi connectivity index (χ0) is 18.0. The number of hydrogen-bond donors (Lipinski definition) is 1. The third-order valence-electron chi connectivity index (χ3n) is 3.30. The van der Waals surface area contributed by atoms with Crippen molar-refractivity contribution < 1.29 is 22.0 Å². The molecule has 0 saturated carbocycles. The highest BCUT2D eigenvalue weighted by molar-refractivity contribution is 5.50. The first-order chi connectivity index (χ1) is 12.0. The van der Waals surface area contributed by atoms with Gasteiger partial charge in [-0.15, -0.1) is 10.2 Å². The summed E-state index contributed by atoms with van der Waals surface area (Å²) in [5.74, 6) is -2.26. The molecular formula is C15H11F4N5O. The highest BCUT2D eigenvalue weighted by atomic mass is 19.3. The summed E-state index contributed by atoms with van der Waals surface area (Å²) in [6.07, 6.45) is -0.343. The van der Waals surface area contributed by atoms with Gasteiger partial charge in [-0.3, -0.25) is 0 Å². The van der Waals surface area contributed by atoms with Crippen LogP contribution in [-0.2, 0) is 0 Å². The number of anilines is 1. The fourth-order valence-corrected chi connectivity index (χ4v) is 2.14. The van der Waals surface area contributed by atoms with Crippen molar-refractivity contribution in [1.29, 1.82) is 0 Å². The predicted molar refractivity (Wildman–Crippen MR) is 78.7 cm³/mol. The summed E-state index contributed by atoms with van der Waals surface area (Å²) in [6.45, 7) is 1.55. The summed E-state index contributed by atoms with van der Waals surface area (Å²) in [6, 6.07) is 2.83. The molecule has 0 spiro atoms. The molecule has 1 unspecified atom stereocenters. The lowest BCUT2D eigenvalue weighted by Gasteiger charge is -2.15. The van der Waals surface area contributed by atoms with E-state index in [4.69, 9.17) is 4.42 Å². The molecule has 1 N–H and O–H groups in total. The fourth-order valence-electron chi connectivity index (χ4n) is 2.14. The second kappa shape index (κ2) is 6.83. The Morgan fingerprint density at radius 3 is 2.24 bits per heavy atom. The lowest BCUT2D eigenvalue weighted by atomic mass is 10.1. The fraction of sp³-hybridized carbons (Fsp3) is 0.200. The predicted octanol–water partition coefficient (Wildman–Crippen LogP) is 3.92. The van der Waals surface area contributed by atoms with Crippen LogP contribution in [0.3, 0.4) is 0 Å². The van der Waals surface area contributed by atoms with Gasteiger partial charge in [-0.1, -0.05) is 6.07 Å². The topological polar surface area (TPSA) is 76.7 Å². The molecule has 0 aliphatic carbocycles. The molecule has 1 aromatic carbocycles. The Bertz CT molecular complexity index is 848. The molecule has 1 atom stereocenters. The molecule has 0 amide bonds. The van der Waals surface area contributed by atoms with Gasteiger partial charge in [0.05, 0.1) is 11.6 Å². The van der Waals surface area contributed by atoms with E-state index in [1.165, 1.54) is 18.5 Å². The molecule has 3 aromatic rings. The first kappa shape index (κ1) is 16.8. The maximum absolute atomic E-state index is 13.7. The van der Waals surface area contributed by atoms with E-state index in [-0.39, 0.29) is 23.0 Å². The Morgan fingerprint density at radius 1 is 1.04 bits per heavy atom. The van der Waals surface area contributed by atoms with Crippen LogP contribution in [0.25, 0.3) is 11.5 Å². The molecule has 10 heteroatoms. The highest BCUT2D eigenvalue weighted by Crippen LogP contribution is 2.25. The van der Waals surface area contributed by atoms with Crippen molar-refractivity contribution in [3.05, 3.63) is 53.7 Å². The first-order valence-corrected chi connectivity index (χ1v) is 7.10. The van der Waals surface area contributed by atoms with Gasteiger partial charge in [-0.05, 0) is 19.1 Å². The monoisotopic (exact) mass is 353 g/mol. The van der Waals surface area contributed by atoms with Crippen LogP contribution in [-0.4, -0.2) is 20.2 Å². The van der Waals surface area contributed by atoms with E-state index in [1.54, 1.807) is 6.92 Å². The van der Waals surface area contributed by atoms with Crippen molar-refractivity contribution in [3.8, 4) is 11.5 Å². The minimum Gasteiger partial charge on any atom is -0.415 e. The van der Waals surface area contributed by atoms with Gasteiger partial charge in [0.15, 0.2) is 0 Å². The molecule has 2 heterocycles. The normalized spacial score (nSPS) is 12.4. The third-order valence-corrected chi connectivity index (χ3v) is 3.30. The van der Waals surface area contributed by atoms with Crippen molar-refractivity contribution in [2.45, 2.75) is 19.4 Å². The zero-order valence-electron chi connectivity index (χ0n) is 12.8. The molecule has 3 rings (SSSR count). The largest absolute Gasteiger partial charge is 0.415 e. The van der Waals surface area contributed by atoms with E-state index in [2.05, 4.69) is 25.5 Å². The minimum atomic E-state index is -2.88. The number of hydrogen-bond acceptors (Lipinski definition) is 6. The van der Waals surface area contributed by atoms with E-state index >= 15 is 0 Å². The lowest BCUT2D eigenvalue weighted by molar-refractivity contribution is 0.116. The summed E-state index contributed by atoms with van der Waals surface area (Å²) < 4.78 is 57.1. The summed E-state index contributed by atoms with van der Waals surface area (Å²) >= 11 is 0. The van der Waals surface area contributed by atoms with Crippen LogP contribution in [0, 0.1) is 11.6 Å². The molecular weight excluding hydrogens is 342 g/mol. The van der Waals surface area contributed by atoms with E-state index in [9.17, 15) is 17.6 Å². The first-order valence-electron chi connectivity index (χ1n) is 7.10. The maximum atomic E-state index is 13.7. The zero-order valence-corrected chi connectivity index (χ0v) is 12.8. The van der Waals surface area contributed by atoms with Crippen LogP contribution in [0.2, 0.25) is 0 Å². The van der Waals surface area contributed by atoms with Gasteiger partial charge in [0.2, 0.25) is 5.95 Å². The molecule has 130 valence electrons. The van der Waals surface area contributed by atoms with E-state index in [0.29, 0.717) is 0 Å². The van der Waals surface area contributed by atoms with Crippen molar-refractivity contribution in [2.24, 2.45) is 0 Å². The standard InChI is InChI=1S/C15H11F4N5O/c1-7(11-9(16)3-2-4-10(11)17)22-15-20-5-8(6-21-15)13-23-24-14(25-13)12(18)19/h2-7,12H,1H3,(H,20,21,22). The number of aromatic nitrogens is 4. The Hall–Kier alpha value is -3.04. The highest BCUT2D eigenvalue weighted by Gasteiger charge is 2.19. The Balaban J connectivity index is 1.76. The lowest BCUT2D eigenvalue weighted by Crippen LogP contribution is -2.12. The second-order valence-corrected chi connectivity index (χ2v) is 5.04. The van der Waals surface area contributed by atoms with Gasteiger partial charge >= 0.3 is 6.43 Å². The van der Waals surface area contributed by atoms with Crippen LogP contribution in [0.15, 0.2) is 35.0 Å². The van der Waals surface area contributed by atoms with Crippen molar-refractivity contribution in [1.82, 2.24) is 20.2 Å². The van der Waals surface area contributed by atoms with Gasteiger partial charge in [-0.25, -0.2) is 18.7 Å². The van der Waals surface area contributed by atoms with Gasteiger partial charge < -0.3 is 9.73 Å². The summed E-state index contributed by atoms with van der Waals surface area (Å²) in [5.41, 5.74) is 0.0864. The number of halogens is 4. The molecule has 25 heavy (non-hydrogen) atoms. The number of nitrogens with one attached hydrogen (secondary N) is 1. The molecule has 2 aromatic heterocycles. The van der Waals surface area contributed by atoms with E-state index < -0.39 is 30.0 Å². The molecule has 0 fully saturated rings. The van der Waals surface area contributed by atoms with Gasteiger partial charge in [0.25, 0.3) is 11.8 Å². The molecule has 0 radical (unpaired) electrons. The Labute approximate surface area is 138 Å². The number of nitrogens with zero attached hydrogens (tertiary/aromatic N) is 4. The van der Waals surface area contributed by atoms with Crippen LogP contribution in [0.1, 0.15) is 30.8 Å². The second-order valence-electron chi connectivity index (χ2n) is 5.04. The van der Waals surface area contributed by atoms with Crippen LogP contribution in [0.5, 0.6) is 0 Å². The molecule has 0 aliphatic rings. The number of benzene rings is 1. The average Bonchev–Trinajstić information content (AvgIpc) is 3.05. The van der Waals surface area contributed by atoms with Gasteiger partial charge in [0.1, 0.15) is 11.6 Å². The van der Waals surface area contributed by atoms with Crippen LogP contribution >= 0.6 is 0 Å². The average molecular weight is 353 g/mol. The number of alkyl halides is 2. The van der Waals surface area contributed by atoms with Crippen molar-refractivity contribution >= 4 is 5.95 Å². The van der Waals surface area contributed by atoms with Crippen LogP contribution < -0.4 is 5.32 Å². The SMILES string of the molecule is CC(Nc1ncc(-c2nnc(C(F)F)o2)cn1)c1c(F)cccc1F. The van der Waals surface area contributed by atoms with Gasteiger partial charge in [-0.2, -0.15) is 8.78 Å². The molecule has 0 bridgehead atoms. The minimum absolute atomic E-state index is 0.0903. The third kappa shape index (κ3) is 3.57. The quantitative estimate of drug-likeness (QED) is 0.701. The maximum Gasteiger partial charge on any atom is 0.314 e. The molecule has 0 saturated heterocycles.